The van der Waals surface area contributed by atoms with Gasteiger partial charge in [0.1, 0.15) is 0 Å². The van der Waals surface area contributed by atoms with Crippen LogP contribution in [-0.4, -0.2) is 19.1 Å². The first-order chi connectivity index (χ1) is 31.3. The Morgan fingerprint density at radius 2 is 0.857 bits per heavy atom. The van der Waals surface area contributed by atoms with Crippen molar-refractivity contribution >= 4 is 43.6 Å². The van der Waals surface area contributed by atoms with E-state index in [1.54, 1.807) is 0 Å². The maximum absolute atomic E-state index is 5.61. The van der Waals surface area contributed by atoms with Gasteiger partial charge in [-0.2, -0.15) is 0 Å². The average Bonchev–Trinajstić information content (AvgIpc) is 4.06. The number of rotatable bonds is 4. The van der Waals surface area contributed by atoms with Crippen LogP contribution < -0.4 is 0 Å². The number of nitrogens with zero attached hydrogens (tertiary/aromatic N) is 4. The summed E-state index contributed by atoms with van der Waals surface area (Å²) in [5.74, 6) is 0.637. The average molecular weight is 801 g/mol. The van der Waals surface area contributed by atoms with Crippen molar-refractivity contribution < 1.29 is 0 Å². The van der Waals surface area contributed by atoms with E-state index in [1.807, 2.05) is 0 Å². The molecule has 63 heavy (non-hydrogen) atoms. The molecule has 0 fully saturated rings. The van der Waals surface area contributed by atoms with Gasteiger partial charge in [-0.1, -0.05) is 176 Å². The molecule has 0 saturated heterocycles. The van der Waals surface area contributed by atoms with Gasteiger partial charge in [-0.05, 0) is 87.0 Å². The lowest BCUT2D eigenvalue weighted by Gasteiger charge is -2.30. The summed E-state index contributed by atoms with van der Waals surface area (Å²) >= 11 is 0. The molecule has 1 spiro atoms. The van der Waals surface area contributed by atoms with E-state index in [2.05, 4.69) is 228 Å². The van der Waals surface area contributed by atoms with E-state index in [-0.39, 0.29) is 0 Å². The highest BCUT2D eigenvalue weighted by Crippen LogP contribution is 2.63. The standard InChI is InChI=1S/C59H36N4/c1-3-17-37(18-4-1)51-36-52(38-31-33-50-46(35-38)42-23-9-14-28-49(42)59(50)47-26-12-7-21-40(47)41-22-8-13-27-48(41)59)61-58(60-51)63-53-29-15-10-24-43(53)44-32-34-55-56(57(44)63)45-25-11-16-30-54(45)62(55)39-19-5-2-6-20-39/h1-36H. The molecule has 3 aromatic heterocycles. The van der Waals surface area contributed by atoms with Crippen LogP contribution in [0.5, 0.6) is 0 Å². The lowest BCUT2D eigenvalue weighted by atomic mass is 9.70. The second-order valence-electron chi connectivity index (χ2n) is 16.8. The first kappa shape index (κ1) is 34.4. The molecule has 0 amide bonds. The van der Waals surface area contributed by atoms with Gasteiger partial charge in [-0.25, -0.2) is 9.97 Å². The highest BCUT2D eigenvalue weighted by Gasteiger charge is 2.51. The summed E-state index contributed by atoms with van der Waals surface area (Å²) in [5, 5.41) is 4.69. The van der Waals surface area contributed by atoms with E-state index >= 15 is 0 Å². The highest BCUT2D eigenvalue weighted by atomic mass is 15.2. The fourth-order valence-electron chi connectivity index (χ4n) is 11.3. The summed E-state index contributed by atoms with van der Waals surface area (Å²) in [6, 6.07) is 79.4. The highest BCUT2D eigenvalue weighted by molar-refractivity contribution is 6.26. The third-order valence-electron chi connectivity index (χ3n) is 13.8. The van der Waals surface area contributed by atoms with E-state index < -0.39 is 5.41 Å². The largest absolute Gasteiger partial charge is 0.309 e. The first-order valence-electron chi connectivity index (χ1n) is 21.7. The van der Waals surface area contributed by atoms with Gasteiger partial charge in [-0.15, -0.1) is 0 Å². The number of benzene rings is 9. The van der Waals surface area contributed by atoms with E-state index in [9.17, 15) is 0 Å². The molecule has 0 saturated carbocycles. The molecule has 14 rings (SSSR count). The smallest absolute Gasteiger partial charge is 0.235 e. The van der Waals surface area contributed by atoms with Gasteiger partial charge in [0.25, 0.3) is 0 Å². The predicted molar refractivity (Wildman–Crippen MR) is 258 cm³/mol. The summed E-state index contributed by atoms with van der Waals surface area (Å²) in [6.45, 7) is 0. The van der Waals surface area contributed by atoms with Crippen LogP contribution in [0.2, 0.25) is 0 Å². The van der Waals surface area contributed by atoms with Crippen LogP contribution in [0.1, 0.15) is 22.3 Å². The van der Waals surface area contributed by atoms with Crippen LogP contribution in [0, 0.1) is 0 Å². The Bertz CT molecular complexity index is 3810. The minimum atomic E-state index is -0.406. The maximum Gasteiger partial charge on any atom is 0.235 e. The Balaban J connectivity index is 1.06. The lowest BCUT2D eigenvalue weighted by Crippen LogP contribution is -2.25. The lowest BCUT2D eigenvalue weighted by molar-refractivity contribution is 0.794. The maximum atomic E-state index is 5.61. The SMILES string of the molecule is c1ccc(-c2cc(-c3ccc4c(c3)-c3ccccc3C43c4ccccc4-c4ccccc43)nc(-n3c4ccccc4c4ccc5c(c6ccccc6n5-c5ccccc5)c43)n2)cc1. The molecule has 2 aliphatic rings. The summed E-state index contributed by atoms with van der Waals surface area (Å²) in [6.07, 6.45) is 0. The van der Waals surface area contributed by atoms with Crippen LogP contribution in [0.25, 0.3) is 100 Å². The molecule has 9 aromatic carbocycles. The van der Waals surface area contributed by atoms with Gasteiger partial charge in [0, 0.05) is 38.4 Å². The third-order valence-corrected chi connectivity index (χ3v) is 13.8. The molecule has 4 nitrogen and oxygen atoms in total. The van der Waals surface area contributed by atoms with Crippen molar-refractivity contribution in [2.24, 2.45) is 0 Å². The molecule has 12 aromatic rings. The molecule has 0 unspecified atom stereocenters. The Kier molecular flexibility index (Phi) is 7.01. The number of hydrogen-bond acceptors (Lipinski definition) is 2. The van der Waals surface area contributed by atoms with Crippen molar-refractivity contribution in [1.29, 1.82) is 0 Å². The zero-order valence-electron chi connectivity index (χ0n) is 34.1. The van der Waals surface area contributed by atoms with Crippen molar-refractivity contribution in [3.63, 3.8) is 0 Å². The van der Waals surface area contributed by atoms with Gasteiger partial charge in [0.15, 0.2) is 0 Å². The van der Waals surface area contributed by atoms with Gasteiger partial charge >= 0.3 is 0 Å². The molecular formula is C59H36N4. The number of fused-ring (bicyclic) bond motifs is 17. The van der Waals surface area contributed by atoms with Crippen LogP contribution in [0.15, 0.2) is 218 Å². The molecule has 0 radical (unpaired) electrons. The van der Waals surface area contributed by atoms with Crippen LogP contribution in [-0.2, 0) is 5.41 Å². The van der Waals surface area contributed by atoms with E-state index in [4.69, 9.17) is 9.97 Å². The van der Waals surface area contributed by atoms with Gasteiger partial charge in [0.05, 0.1) is 38.9 Å². The van der Waals surface area contributed by atoms with E-state index in [1.165, 1.54) is 60.7 Å². The van der Waals surface area contributed by atoms with E-state index in [0.29, 0.717) is 5.95 Å². The second-order valence-corrected chi connectivity index (χ2v) is 16.8. The Labute approximate surface area is 363 Å². The molecular weight excluding hydrogens is 765 g/mol. The minimum absolute atomic E-state index is 0.406. The van der Waals surface area contributed by atoms with Crippen molar-refractivity contribution in [2.45, 2.75) is 5.41 Å². The molecule has 0 N–H and O–H groups in total. The van der Waals surface area contributed by atoms with Gasteiger partial charge in [0.2, 0.25) is 5.95 Å². The van der Waals surface area contributed by atoms with Crippen molar-refractivity contribution in [3.05, 3.63) is 241 Å². The Morgan fingerprint density at radius 1 is 0.333 bits per heavy atom. The number of aromatic nitrogens is 4. The van der Waals surface area contributed by atoms with Crippen molar-refractivity contribution in [1.82, 2.24) is 19.1 Å². The summed E-state index contributed by atoms with van der Waals surface area (Å²) in [5.41, 5.74) is 19.4. The van der Waals surface area contributed by atoms with Crippen molar-refractivity contribution in [3.8, 4) is 56.4 Å². The number of hydrogen-bond donors (Lipinski definition) is 0. The molecule has 0 bridgehead atoms. The Hall–Kier alpha value is -8.34. The molecule has 0 aliphatic heterocycles. The van der Waals surface area contributed by atoms with Crippen molar-refractivity contribution in [2.75, 3.05) is 0 Å². The second kappa shape index (κ2) is 12.8. The quantitative estimate of drug-likeness (QED) is 0.178. The van der Waals surface area contributed by atoms with Crippen LogP contribution >= 0.6 is 0 Å². The minimum Gasteiger partial charge on any atom is -0.309 e. The van der Waals surface area contributed by atoms with E-state index in [0.717, 1.165) is 55.7 Å². The normalized spacial score (nSPS) is 13.2. The fourth-order valence-corrected chi connectivity index (χ4v) is 11.3. The van der Waals surface area contributed by atoms with Gasteiger partial charge < -0.3 is 4.57 Å². The molecule has 2 aliphatic carbocycles. The summed E-state index contributed by atoms with van der Waals surface area (Å²) < 4.78 is 4.70. The van der Waals surface area contributed by atoms with Gasteiger partial charge in [-0.3, -0.25) is 4.57 Å². The topological polar surface area (TPSA) is 35.6 Å². The molecule has 3 heterocycles. The monoisotopic (exact) mass is 800 g/mol. The zero-order valence-corrected chi connectivity index (χ0v) is 34.1. The zero-order chi connectivity index (χ0) is 41.2. The summed E-state index contributed by atoms with van der Waals surface area (Å²) in [4.78, 5) is 11.1. The fraction of sp³-hybridized carbons (Fsp3) is 0.0169. The summed E-state index contributed by atoms with van der Waals surface area (Å²) in [7, 11) is 0. The Morgan fingerprint density at radius 3 is 1.54 bits per heavy atom. The molecule has 4 heteroatoms. The third kappa shape index (κ3) is 4.59. The van der Waals surface area contributed by atoms with Crippen LogP contribution in [0.4, 0.5) is 0 Å². The van der Waals surface area contributed by atoms with Crippen LogP contribution in [0.3, 0.4) is 0 Å². The molecule has 0 atom stereocenters. The number of para-hydroxylation sites is 3. The molecule has 292 valence electrons. The first-order valence-corrected chi connectivity index (χ1v) is 21.7. The predicted octanol–water partition coefficient (Wildman–Crippen LogP) is 14.3.